The third kappa shape index (κ3) is 4.44. The average Bonchev–Trinajstić information content (AvgIpc) is 2.26. The molecule has 4 nitrogen and oxygen atoms in total. The maximum absolute atomic E-state index is 11.9. The van der Waals surface area contributed by atoms with Crippen molar-refractivity contribution in [1.29, 1.82) is 0 Å². The number of amides is 1. The van der Waals surface area contributed by atoms with E-state index < -0.39 is 5.60 Å². The largest absolute Gasteiger partial charge is 0.380 e. The predicted molar refractivity (Wildman–Crippen MR) is 70.7 cm³/mol. The molecule has 0 aromatic carbocycles. The van der Waals surface area contributed by atoms with Gasteiger partial charge in [-0.3, -0.25) is 4.79 Å². The lowest BCUT2D eigenvalue weighted by atomic mass is 9.98. The Morgan fingerprint density at radius 1 is 1.65 bits per heavy atom. The number of anilines is 1. The molecule has 0 aliphatic rings. The maximum Gasteiger partial charge on any atom is 0.256 e. The number of hydrogen-bond acceptors (Lipinski definition) is 3. The number of unbranched alkanes of at least 4 members (excludes halogenated alkanes) is 1. The number of pyridine rings is 1. The highest BCUT2D eigenvalue weighted by molar-refractivity contribution is 9.10. The van der Waals surface area contributed by atoms with Crippen LogP contribution in [0.4, 0.5) is 5.69 Å². The minimum atomic E-state index is -1.33. The summed E-state index contributed by atoms with van der Waals surface area (Å²) in [7, 11) is 0. The first-order valence-electron chi connectivity index (χ1n) is 5.61. The Kier molecular flexibility index (Phi) is 5.08. The third-order valence-electron chi connectivity index (χ3n) is 2.49. The zero-order chi connectivity index (χ0) is 12.9. The van der Waals surface area contributed by atoms with Gasteiger partial charge in [0.25, 0.3) is 5.91 Å². The van der Waals surface area contributed by atoms with Crippen molar-refractivity contribution in [3.63, 3.8) is 0 Å². The maximum atomic E-state index is 11.9. The first-order chi connectivity index (χ1) is 7.95. The highest BCUT2D eigenvalue weighted by atomic mass is 79.9. The Morgan fingerprint density at radius 3 is 2.94 bits per heavy atom. The van der Waals surface area contributed by atoms with Crippen molar-refractivity contribution in [3.8, 4) is 0 Å². The molecule has 0 aliphatic heterocycles. The lowest BCUT2D eigenvalue weighted by Gasteiger charge is -2.22. The van der Waals surface area contributed by atoms with E-state index in [2.05, 4.69) is 26.2 Å². The van der Waals surface area contributed by atoms with Gasteiger partial charge < -0.3 is 10.4 Å². The number of hydrogen-bond donors (Lipinski definition) is 2. The van der Waals surface area contributed by atoms with Crippen molar-refractivity contribution >= 4 is 27.5 Å². The smallest absolute Gasteiger partial charge is 0.256 e. The normalized spacial score (nSPS) is 14.1. The Morgan fingerprint density at radius 2 is 2.35 bits per heavy atom. The van der Waals surface area contributed by atoms with Gasteiger partial charge in [0.05, 0.1) is 0 Å². The van der Waals surface area contributed by atoms with Crippen LogP contribution < -0.4 is 5.32 Å². The molecule has 1 rings (SSSR count). The lowest BCUT2D eigenvalue weighted by molar-refractivity contribution is -0.133. The fraction of sp³-hybridized carbons (Fsp3) is 0.500. The van der Waals surface area contributed by atoms with E-state index in [9.17, 15) is 9.90 Å². The summed E-state index contributed by atoms with van der Waals surface area (Å²) in [6.07, 6.45) is 3.81. The minimum absolute atomic E-state index is 0.385. The summed E-state index contributed by atoms with van der Waals surface area (Å²) < 4.78 is 0.642. The molecule has 0 unspecified atom stereocenters. The second-order valence-corrected chi connectivity index (χ2v) is 5.01. The molecule has 17 heavy (non-hydrogen) atoms. The number of aromatic nitrogens is 1. The molecule has 0 spiro atoms. The number of aliphatic hydroxyl groups is 1. The molecule has 1 aromatic rings. The summed E-state index contributed by atoms with van der Waals surface area (Å²) >= 11 is 3.22. The SMILES string of the molecule is CCCC[C@@](C)(O)C(=O)Nc1ccnc(Br)c1. The molecule has 1 amide bonds. The van der Waals surface area contributed by atoms with Crippen molar-refractivity contribution in [2.24, 2.45) is 0 Å². The Bertz CT molecular complexity index is 394. The highest BCUT2D eigenvalue weighted by Crippen LogP contribution is 2.18. The number of nitrogens with one attached hydrogen (secondary N) is 1. The fourth-order valence-corrected chi connectivity index (χ4v) is 1.75. The standard InChI is InChI=1S/C12H17BrN2O2/c1-3-4-6-12(2,17)11(16)15-9-5-7-14-10(13)8-9/h5,7-8,17H,3-4,6H2,1-2H3,(H,14,15,16)/t12-/m1/s1. The van der Waals surface area contributed by atoms with E-state index in [0.717, 1.165) is 12.8 Å². The van der Waals surface area contributed by atoms with Crippen LogP contribution in [0.25, 0.3) is 0 Å². The molecule has 0 saturated heterocycles. The molecule has 1 atom stereocenters. The van der Waals surface area contributed by atoms with Gasteiger partial charge in [-0.2, -0.15) is 0 Å². The van der Waals surface area contributed by atoms with Gasteiger partial charge in [-0.15, -0.1) is 0 Å². The van der Waals surface area contributed by atoms with Gasteiger partial charge in [-0.05, 0) is 41.4 Å². The van der Waals surface area contributed by atoms with E-state index in [1.807, 2.05) is 6.92 Å². The second-order valence-electron chi connectivity index (χ2n) is 4.20. The van der Waals surface area contributed by atoms with Crippen LogP contribution in [0.15, 0.2) is 22.9 Å². The molecule has 2 N–H and O–H groups in total. The van der Waals surface area contributed by atoms with Gasteiger partial charge in [0, 0.05) is 11.9 Å². The van der Waals surface area contributed by atoms with Crippen LogP contribution in [0.5, 0.6) is 0 Å². The van der Waals surface area contributed by atoms with Crippen LogP contribution in [0.1, 0.15) is 33.1 Å². The van der Waals surface area contributed by atoms with E-state index >= 15 is 0 Å². The van der Waals surface area contributed by atoms with Crippen LogP contribution in [0.3, 0.4) is 0 Å². The van der Waals surface area contributed by atoms with Gasteiger partial charge in [0.1, 0.15) is 10.2 Å². The molecule has 1 heterocycles. The van der Waals surface area contributed by atoms with Crippen molar-refractivity contribution in [3.05, 3.63) is 22.9 Å². The van der Waals surface area contributed by atoms with E-state index in [4.69, 9.17) is 0 Å². The number of nitrogens with zero attached hydrogens (tertiary/aromatic N) is 1. The van der Waals surface area contributed by atoms with Gasteiger partial charge in [0.15, 0.2) is 0 Å². The molecule has 0 fully saturated rings. The second kappa shape index (κ2) is 6.12. The first kappa shape index (κ1) is 14.1. The summed E-state index contributed by atoms with van der Waals surface area (Å²) in [5.41, 5.74) is -0.709. The Balaban J connectivity index is 2.65. The number of carbonyl (C=O) groups excluding carboxylic acids is 1. The van der Waals surface area contributed by atoms with E-state index in [1.54, 1.807) is 18.3 Å². The molecule has 0 radical (unpaired) electrons. The zero-order valence-electron chi connectivity index (χ0n) is 10.0. The average molecular weight is 301 g/mol. The van der Waals surface area contributed by atoms with Crippen LogP contribution in [-0.2, 0) is 4.79 Å². The summed E-state index contributed by atoms with van der Waals surface area (Å²) in [5, 5.41) is 12.7. The number of halogens is 1. The zero-order valence-corrected chi connectivity index (χ0v) is 11.6. The van der Waals surface area contributed by atoms with Crippen LogP contribution in [0.2, 0.25) is 0 Å². The summed E-state index contributed by atoms with van der Waals surface area (Å²) in [4.78, 5) is 15.8. The number of carbonyl (C=O) groups is 1. The van der Waals surface area contributed by atoms with Crippen molar-refractivity contribution in [2.75, 3.05) is 5.32 Å². The summed E-state index contributed by atoms with van der Waals surface area (Å²) in [6, 6.07) is 3.37. The monoisotopic (exact) mass is 300 g/mol. The molecule has 0 saturated carbocycles. The summed E-state index contributed by atoms with van der Waals surface area (Å²) in [5.74, 6) is -0.385. The fourth-order valence-electron chi connectivity index (χ4n) is 1.38. The lowest BCUT2D eigenvalue weighted by Crippen LogP contribution is -2.39. The quantitative estimate of drug-likeness (QED) is 0.822. The van der Waals surface area contributed by atoms with Gasteiger partial charge in [0.2, 0.25) is 0 Å². The van der Waals surface area contributed by atoms with Gasteiger partial charge in [-0.25, -0.2) is 4.98 Å². The molecular weight excluding hydrogens is 284 g/mol. The van der Waals surface area contributed by atoms with E-state index in [0.29, 0.717) is 16.7 Å². The van der Waals surface area contributed by atoms with Crippen LogP contribution >= 0.6 is 15.9 Å². The van der Waals surface area contributed by atoms with Crippen molar-refractivity contribution in [1.82, 2.24) is 4.98 Å². The van der Waals surface area contributed by atoms with Gasteiger partial charge >= 0.3 is 0 Å². The molecule has 5 heteroatoms. The van der Waals surface area contributed by atoms with E-state index in [-0.39, 0.29) is 5.91 Å². The minimum Gasteiger partial charge on any atom is -0.380 e. The highest BCUT2D eigenvalue weighted by Gasteiger charge is 2.29. The number of rotatable bonds is 5. The molecular formula is C12H17BrN2O2. The Labute approximate surface area is 110 Å². The predicted octanol–water partition coefficient (Wildman–Crippen LogP) is 2.72. The molecule has 0 aliphatic carbocycles. The first-order valence-corrected chi connectivity index (χ1v) is 6.40. The summed E-state index contributed by atoms with van der Waals surface area (Å²) in [6.45, 7) is 3.56. The van der Waals surface area contributed by atoms with Crippen LogP contribution in [0, 0.1) is 0 Å². The molecule has 94 valence electrons. The van der Waals surface area contributed by atoms with Gasteiger partial charge in [-0.1, -0.05) is 19.8 Å². The van der Waals surface area contributed by atoms with Crippen molar-refractivity contribution < 1.29 is 9.90 Å². The molecule has 0 bridgehead atoms. The molecule has 1 aromatic heterocycles. The van der Waals surface area contributed by atoms with Crippen LogP contribution in [-0.4, -0.2) is 21.6 Å². The third-order valence-corrected chi connectivity index (χ3v) is 2.92. The Hall–Kier alpha value is -0.940. The van der Waals surface area contributed by atoms with Crippen molar-refractivity contribution in [2.45, 2.75) is 38.7 Å². The van der Waals surface area contributed by atoms with E-state index in [1.165, 1.54) is 6.92 Å². The topological polar surface area (TPSA) is 62.2 Å².